The number of aliphatic imine (C=N–C) groups is 1. The highest BCUT2D eigenvalue weighted by atomic mass is 15.2. The van der Waals surface area contributed by atoms with E-state index in [1.807, 2.05) is 0 Å². The Labute approximate surface area is 124 Å². The Bertz CT molecular complexity index is 781. The summed E-state index contributed by atoms with van der Waals surface area (Å²) in [6, 6.07) is 9.41. The highest BCUT2D eigenvalue weighted by Gasteiger charge is 2.32. The highest BCUT2D eigenvalue weighted by Crippen LogP contribution is 2.42. The van der Waals surface area contributed by atoms with Crippen molar-refractivity contribution in [3.8, 4) is 0 Å². The quantitative estimate of drug-likeness (QED) is 0.717. The van der Waals surface area contributed by atoms with Gasteiger partial charge in [0.25, 0.3) is 0 Å². The lowest BCUT2D eigenvalue weighted by Gasteiger charge is -2.37. The Kier molecular flexibility index (Phi) is 2.34. The fourth-order valence-electron chi connectivity index (χ4n) is 4.27. The van der Waals surface area contributed by atoms with E-state index < -0.39 is 0 Å². The van der Waals surface area contributed by atoms with Crippen LogP contribution in [0, 0.1) is 0 Å². The van der Waals surface area contributed by atoms with E-state index in [-0.39, 0.29) is 0 Å². The molecule has 3 aliphatic rings. The normalized spacial score (nSPS) is 24.0. The molecule has 2 aliphatic heterocycles. The number of hydrogen-bond donors (Lipinski definition) is 0. The first-order valence-electron chi connectivity index (χ1n) is 8.01. The minimum absolute atomic E-state index is 0.415. The summed E-state index contributed by atoms with van der Waals surface area (Å²) in [5, 5.41) is 1.36. The monoisotopic (exact) mass is 277 g/mol. The molecule has 0 saturated carbocycles. The van der Waals surface area contributed by atoms with Crippen molar-refractivity contribution in [2.45, 2.75) is 31.7 Å². The highest BCUT2D eigenvalue weighted by molar-refractivity contribution is 5.88. The molecule has 5 rings (SSSR count). The molecule has 3 heteroatoms. The molecule has 1 aliphatic carbocycles. The van der Waals surface area contributed by atoms with Crippen LogP contribution >= 0.6 is 0 Å². The van der Waals surface area contributed by atoms with E-state index in [1.54, 1.807) is 5.70 Å². The van der Waals surface area contributed by atoms with Gasteiger partial charge in [0, 0.05) is 34.8 Å². The fourth-order valence-corrected chi connectivity index (χ4v) is 4.27. The summed E-state index contributed by atoms with van der Waals surface area (Å²) in [6.07, 6.45) is 9.42. The second-order valence-electron chi connectivity index (χ2n) is 6.29. The van der Waals surface area contributed by atoms with Gasteiger partial charge in [-0.15, -0.1) is 0 Å². The second-order valence-corrected chi connectivity index (χ2v) is 6.29. The number of benzene rings is 1. The van der Waals surface area contributed by atoms with Crippen molar-refractivity contribution in [3.05, 3.63) is 41.7 Å². The molecule has 106 valence electrons. The van der Waals surface area contributed by atoms with Crippen LogP contribution in [0.2, 0.25) is 0 Å². The van der Waals surface area contributed by atoms with Crippen LogP contribution in [0.3, 0.4) is 0 Å². The Hall–Kier alpha value is -2.03. The SMILES string of the molecule is C1=NCC2c3cccc4ccn(c34)C3=C(CCCC3)N2C1. The molecule has 1 aromatic heterocycles. The molecule has 0 fully saturated rings. The molecule has 0 radical (unpaired) electrons. The Morgan fingerprint density at radius 3 is 2.90 bits per heavy atom. The van der Waals surface area contributed by atoms with Crippen LogP contribution in [0.15, 0.2) is 41.2 Å². The van der Waals surface area contributed by atoms with Crippen molar-refractivity contribution in [1.29, 1.82) is 0 Å². The minimum atomic E-state index is 0.415. The van der Waals surface area contributed by atoms with Gasteiger partial charge < -0.3 is 9.47 Å². The van der Waals surface area contributed by atoms with Crippen LogP contribution in [0.25, 0.3) is 16.6 Å². The molecular formula is C18H19N3. The van der Waals surface area contributed by atoms with Gasteiger partial charge in [-0.1, -0.05) is 18.2 Å². The average Bonchev–Trinajstić information content (AvgIpc) is 2.94. The topological polar surface area (TPSA) is 20.5 Å². The minimum Gasteiger partial charge on any atom is -0.359 e. The van der Waals surface area contributed by atoms with Gasteiger partial charge in [0.05, 0.1) is 24.6 Å². The second kappa shape index (κ2) is 4.23. The molecule has 0 amide bonds. The lowest BCUT2D eigenvalue weighted by atomic mass is 9.97. The molecule has 0 N–H and O–H groups in total. The molecule has 0 bridgehead atoms. The first-order chi connectivity index (χ1) is 10.4. The summed E-state index contributed by atoms with van der Waals surface area (Å²) >= 11 is 0. The van der Waals surface area contributed by atoms with Crippen LogP contribution in [0.4, 0.5) is 0 Å². The van der Waals surface area contributed by atoms with Crippen LogP contribution in [-0.4, -0.2) is 28.8 Å². The molecule has 1 atom stereocenters. The van der Waals surface area contributed by atoms with E-state index in [0.29, 0.717) is 6.04 Å². The van der Waals surface area contributed by atoms with E-state index in [0.717, 1.165) is 13.1 Å². The summed E-state index contributed by atoms with van der Waals surface area (Å²) in [6.45, 7) is 1.85. The zero-order valence-electron chi connectivity index (χ0n) is 12.1. The van der Waals surface area contributed by atoms with Gasteiger partial charge in [-0.3, -0.25) is 4.99 Å². The predicted octanol–water partition coefficient (Wildman–Crippen LogP) is 3.83. The molecule has 1 unspecified atom stereocenters. The number of hydrogen-bond acceptors (Lipinski definition) is 2. The van der Waals surface area contributed by atoms with Crippen molar-refractivity contribution in [1.82, 2.24) is 9.47 Å². The van der Waals surface area contributed by atoms with Gasteiger partial charge in [-0.25, -0.2) is 0 Å². The summed E-state index contributed by atoms with van der Waals surface area (Å²) < 4.78 is 2.47. The third-order valence-corrected chi connectivity index (χ3v) is 5.21. The van der Waals surface area contributed by atoms with Crippen molar-refractivity contribution >= 4 is 22.8 Å². The zero-order valence-corrected chi connectivity index (χ0v) is 12.1. The summed E-state index contributed by atoms with van der Waals surface area (Å²) in [7, 11) is 0. The maximum atomic E-state index is 4.59. The summed E-state index contributed by atoms with van der Waals surface area (Å²) in [5.41, 5.74) is 5.95. The fraction of sp³-hybridized carbons (Fsp3) is 0.389. The number of fused-ring (bicyclic) bond motifs is 4. The van der Waals surface area contributed by atoms with E-state index in [2.05, 4.69) is 51.1 Å². The third-order valence-electron chi connectivity index (χ3n) is 5.21. The van der Waals surface area contributed by atoms with E-state index in [9.17, 15) is 0 Å². The molecule has 3 nitrogen and oxygen atoms in total. The van der Waals surface area contributed by atoms with E-state index in [4.69, 9.17) is 0 Å². The third kappa shape index (κ3) is 1.52. The maximum absolute atomic E-state index is 4.59. The van der Waals surface area contributed by atoms with Crippen molar-refractivity contribution < 1.29 is 0 Å². The van der Waals surface area contributed by atoms with Gasteiger partial charge in [-0.05, 0) is 31.7 Å². The first kappa shape index (κ1) is 11.6. The summed E-state index contributed by atoms with van der Waals surface area (Å²) in [5.74, 6) is 0. The number of nitrogens with zero attached hydrogens (tertiary/aromatic N) is 3. The van der Waals surface area contributed by atoms with Gasteiger partial charge in [0.15, 0.2) is 0 Å². The van der Waals surface area contributed by atoms with Crippen molar-refractivity contribution in [2.75, 3.05) is 13.1 Å². The largest absolute Gasteiger partial charge is 0.359 e. The summed E-state index contributed by atoms with van der Waals surface area (Å²) in [4.78, 5) is 7.20. The van der Waals surface area contributed by atoms with Crippen LogP contribution in [0.1, 0.15) is 37.3 Å². The molecule has 1 aromatic carbocycles. The van der Waals surface area contributed by atoms with Gasteiger partial charge in [0.1, 0.15) is 0 Å². The molecular weight excluding hydrogens is 258 g/mol. The van der Waals surface area contributed by atoms with Crippen molar-refractivity contribution in [2.24, 2.45) is 4.99 Å². The molecule has 21 heavy (non-hydrogen) atoms. The predicted molar refractivity (Wildman–Crippen MR) is 86.4 cm³/mol. The zero-order chi connectivity index (χ0) is 13.8. The van der Waals surface area contributed by atoms with Gasteiger partial charge in [0.2, 0.25) is 0 Å². The first-order valence-corrected chi connectivity index (χ1v) is 8.01. The number of rotatable bonds is 0. The number of para-hydroxylation sites is 1. The van der Waals surface area contributed by atoms with Gasteiger partial charge in [-0.2, -0.15) is 0 Å². The number of aromatic nitrogens is 1. The molecule has 2 aromatic rings. The van der Waals surface area contributed by atoms with Crippen molar-refractivity contribution in [3.63, 3.8) is 0 Å². The molecule has 0 saturated heterocycles. The van der Waals surface area contributed by atoms with E-state index in [1.165, 1.54) is 47.8 Å². The standard InChI is InChI=1S/C18H19N3/c1-2-7-16-15(6-1)20-11-9-19-12-17(20)14-5-3-4-13-8-10-21(16)18(13)14/h3-5,8-10,17H,1-2,6-7,11-12H2. The van der Waals surface area contributed by atoms with Gasteiger partial charge >= 0.3 is 0 Å². The molecule has 0 spiro atoms. The van der Waals surface area contributed by atoms with Crippen LogP contribution in [-0.2, 0) is 0 Å². The average molecular weight is 277 g/mol. The Balaban J connectivity index is 1.87. The van der Waals surface area contributed by atoms with E-state index >= 15 is 0 Å². The maximum Gasteiger partial charge on any atom is 0.0760 e. The number of allylic oxidation sites excluding steroid dienone is 2. The Morgan fingerprint density at radius 2 is 1.95 bits per heavy atom. The molecule has 3 heterocycles. The smallest absolute Gasteiger partial charge is 0.0760 e. The lowest BCUT2D eigenvalue weighted by molar-refractivity contribution is 0.274. The lowest BCUT2D eigenvalue weighted by Crippen LogP contribution is -2.35. The van der Waals surface area contributed by atoms with Crippen LogP contribution in [0.5, 0.6) is 0 Å². The van der Waals surface area contributed by atoms with Crippen LogP contribution < -0.4 is 0 Å². The Morgan fingerprint density at radius 1 is 1.05 bits per heavy atom.